The second-order valence-electron chi connectivity index (χ2n) is 3.70. The Kier molecular flexibility index (Phi) is 6.90. The molecule has 0 unspecified atom stereocenters. The topological polar surface area (TPSA) is 53.4 Å². The summed E-state index contributed by atoms with van der Waals surface area (Å²) in [5.41, 5.74) is 0.249. The zero-order valence-electron chi connectivity index (χ0n) is 10.4. The van der Waals surface area contributed by atoms with Crippen molar-refractivity contribution in [1.29, 1.82) is 0 Å². The van der Waals surface area contributed by atoms with E-state index in [1.165, 1.54) is 18.0 Å². The lowest BCUT2D eigenvalue weighted by Crippen LogP contribution is -2.16. The first-order chi connectivity index (χ1) is 9.06. The Balaban J connectivity index is 2.53. The molecule has 0 aliphatic carbocycles. The summed E-state index contributed by atoms with van der Waals surface area (Å²) in [6.45, 7) is 0.0290. The van der Waals surface area contributed by atoms with E-state index >= 15 is 0 Å². The third-order valence-corrected chi connectivity index (χ3v) is 2.56. The smallest absolute Gasteiger partial charge is 0.261 e. The van der Waals surface area contributed by atoms with Crippen LogP contribution in [0.5, 0.6) is 0 Å². The Labute approximate surface area is 114 Å². The van der Waals surface area contributed by atoms with E-state index in [4.69, 9.17) is 16.3 Å². The van der Waals surface area contributed by atoms with Gasteiger partial charge in [0.05, 0.1) is 31.0 Å². The van der Waals surface area contributed by atoms with E-state index in [0.717, 1.165) is 0 Å². The number of carbonyl (C=O) groups is 1. The average molecular weight is 297 g/mol. The van der Waals surface area contributed by atoms with Crippen molar-refractivity contribution in [2.75, 3.05) is 26.9 Å². The van der Waals surface area contributed by atoms with E-state index in [-0.39, 0.29) is 29.5 Å². The molecule has 0 aliphatic heterocycles. The molecule has 0 atom stereocenters. The van der Waals surface area contributed by atoms with Crippen molar-refractivity contribution in [3.8, 4) is 0 Å². The largest absolute Gasteiger partial charge is 0.383 e. The van der Waals surface area contributed by atoms with Gasteiger partial charge in [-0.05, 0) is 0 Å². The molecule has 1 aromatic heterocycles. The SMILES string of the molecule is COCCn1ncc(Cl)c1C(=O)CCOCC(F)F. The van der Waals surface area contributed by atoms with E-state index in [1.54, 1.807) is 0 Å². The number of halogens is 3. The van der Waals surface area contributed by atoms with Crippen LogP contribution in [-0.2, 0) is 16.0 Å². The highest BCUT2D eigenvalue weighted by Crippen LogP contribution is 2.17. The highest BCUT2D eigenvalue weighted by atomic mass is 35.5. The van der Waals surface area contributed by atoms with Crippen LogP contribution in [0.2, 0.25) is 5.02 Å². The molecule has 0 spiro atoms. The van der Waals surface area contributed by atoms with Crippen LogP contribution in [0.25, 0.3) is 0 Å². The van der Waals surface area contributed by atoms with Gasteiger partial charge < -0.3 is 9.47 Å². The molecule has 5 nitrogen and oxygen atoms in total. The molecular formula is C11H15ClF2N2O3. The summed E-state index contributed by atoms with van der Waals surface area (Å²) in [6, 6.07) is 0. The normalized spacial score (nSPS) is 11.2. The number of ether oxygens (including phenoxy) is 2. The molecule has 8 heteroatoms. The molecule has 108 valence electrons. The number of alkyl halides is 2. The number of nitrogens with zero attached hydrogens (tertiary/aromatic N) is 2. The van der Waals surface area contributed by atoms with Crippen LogP contribution in [0.3, 0.4) is 0 Å². The maximum absolute atomic E-state index is 11.9. The number of methoxy groups -OCH3 is 1. The molecule has 0 fully saturated rings. The van der Waals surface area contributed by atoms with Crippen molar-refractivity contribution < 1.29 is 23.0 Å². The molecular weight excluding hydrogens is 282 g/mol. The molecule has 0 aromatic carbocycles. The highest BCUT2D eigenvalue weighted by molar-refractivity contribution is 6.33. The van der Waals surface area contributed by atoms with Gasteiger partial charge in [-0.1, -0.05) is 11.6 Å². The van der Waals surface area contributed by atoms with Crippen molar-refractivity contribution in [3.63, 3.8) is 0 Å². The molecule has 0 saturated heterocycles. The number of carbonyl (C=O) groups excluding carboxylic acids is 1. The van der Waals surface area contributed by atoms with Crippen LogP contribution < -0.4 is 0 Å². The standard InChI is InChI=1S/C11H15ClF2N2O3/c1-18-5-3-16-11(8(12)6-15-16)9(17)2-4-19-7-10(13)14/h6,10H,2-5,7H2,1H3. The van der Waals surface area contributed by atoms with Gasteiger partial charge in [-0.15, -0.1) is 0 Å². The summed E-state index contributed by atoms with van der Waals surface area (Å²) in [4.78, 5) is 11.9. The van der Waals surface area contributed by atoms with Crippen LogP contribution in [-0.4, -0.2) is 48.9 Å². The van der Waals surface area contributed by atoms with E-state index < -0.39 is 13.0 Å². The minimum absolute atomic E-state index is 0.0227. The zero-order chi connectivity index (χ0) is 14.3. The predicted octanol–water partition coefficient (Wildman–Crippen LogP) is 2.04. The van der Waals surface area contributed by atoms with Gasteiger partial charge in [0.15, 0.2) is 5.78 Å². The van der Waals surface area contributed by atoms with E-state index in [2.05, 4.69) is 9.84 Å². The lowest BCUT2D eigenvalue weighted by Gasteiger charge is -2.07. The summed E-state index contributed by atoms with van der Waals surface area (Å²) in [5, 5.41) is 4.19. The Morgan fingerprint density at radius 2 is 2.26 bits per heavy atom. The number of Topliss-reactive ketones (excluding diaryl/α,β-unsaturated/α-hetero) is 1. The van der Waals surface area contributed by atoms with Crippen molar-refractivity contribution in [3.05, 3.63) is 16.9 Å². The molecule has 19 heavy (non-hydrogen) atoms. The van der Waals surface area contributed by atoms with Crippen LogP contribution >= 0.6 is 11.6 Å². The maximum Gasteiger partial charge on any atom is 0.261 e. The van der Waals surface area contributed by atoms with Crippen LogP contribution in [0, 0.1) is 0 Å². The van der Waals surface area contributed by atoms with Crippen LogP contribution in [0.15, 0.2) is 6.20 Å². The van der Waals surface area contributed by atoms with Gasteiger partial charge in [0.25, 0.3) is 6.43 Å². The lowest BCUT2D eigenvalue weighted by atomic mass is 10.2. The van der Waals surface area contributed by atoms with E-state index in [1.807, 2.05) is 0 Å². The number of ketones is 1. The van der Waals surface area contributed by atoms with Gasteiger partial charge in [0.1, 0.15) is 12.3 Å². The molecule has 1 heterocycles. The molecule has 1 rings (SSSR count). The number of hydrogen-bond acceptors (Lipinski definition) is 4. The number of hydrogen-bond donors (Lipinski definition) is 0. The van der Waals surface area contributed by atoms with Crippen molar-refractivity contribution in [1.82, 2.24) is 9.78 Å². The molecule has 1 aromatic rings. The Morgan fingerprint density at radius 1 is 1.53 bits per heavy atom. The third kappa shape index (κ3) is 5.22. The fourth-order valence-electron chi connectivity index (χ4n) is 1.44. The Bertz CT molecular complexity index is 413. The summed E-state index contributed by atoms with van der Waals surface area (Å²) in [7, 11) is 1.53. The van der Waals surface area contributed by atoms with Gasteiger partial charge in [-0.2, -0.15) is 5.10 Å². The minimum Gasteiger partial charge on any atom is -0.383 e. The monoisotopic (exact) mass is 296 g/mol. The molecule has 0 aliphatic rings. The first kappa shape index (κ1) is 16.0. The van der Waals surface area contributed by atoms with Crippen molar-refractivity contribution >= 4 is 17.4 Å². The Hall–Kier alpha value is -1.05. The molecule has 0 amide bonds. The van der Waals surface area contributed by atoms with Crippen molar-refractivity contribution in [2.45, 2.75) is 19.4 Å². The number of rotatable bonds is 9. The van der Waals surface area contributed by atoms with Gasteiger partial charge >= 0.3 is 0 Å². The van der Waals surface area contributed by atoms with Gasteiger partial charge in [0, 0.05) is 13.5 Å². The third-order valence-electron chi connectivity index (χ3n) is 2.28. The Morgan fingerprint density at radius 3 is 2.89 bits per heavy atom. The van der Waals surface area contributed by atoms with Crippen LogP contribution in [0.4, 0.5) is 8.78 Å². The van der Waals surface area contributed by atoms with Crippen molar-refractivity contribution in [2.24, 2.45) is 0 Å². The van der Waals surface area contributed by atoms with E-state index in [9.17, 15) is 13.6 Å². The second kappa shape index (κ2) is 8.19. The highest BCUT2D eigenvalue weighted by Gasteiger charge is 2.17. The van der Waals surface area contributed by atoms with Gasteiger partial charge in [-0.3, -0.25) is 9.48 Å². The predicted molar refractivity (Wildman–Crippen MR) is 64.9 cm³/mol. The molecule has 0 bridgehead atoms. The first-order valence-corrected chi connectivity index (χ1v) is 6.03. The summed E-state index contributed by atoms with van der Waals surface area (Å²) >= 11 is 5.88. The second-order valence-corrected chi connectivity index (χ2v) is 4.10. The van der Waals surface area contributed by atoms with Crippen LogP contribution in [0.1, 0.15) is 16.9 Å². The molecule has 0 radical (unpaired) electrons. The van der Waals surface area contributed by atoms with E-state index in [0.29, 0.717) is 13.2 Å². The zero-order valence-corrected chi connectivity index (χ0v) is 11.2. The summed E-state index contributed by atoms with van der Waals surface area (Å²) < 4.78 is 34.7. The molecule has 0 saturated carbocycles. The van der Waals surface area contributed by atoms with Gasteiger partial charge in [0.2, 0.25) is 0 Å². The maximum atomic E-state index is 11.9. The average Bonchev–Trinajstić information content (AvgIpc) is 2.73. The number of aromatic nitrogens is 2. The minimum atomic E-state index is -2.54. The lowest BCUT2D eigenvalue weighted by molar-refractivity contribution is 0.0168. The summed E-state index contributed by atoms with van der Waals surface area (Å²) in [5.74, 6) is -0.298. The fraction of sp³-hybridized carbons (Fsp3) is 0.636. The summed E-state index contributed by atoms with van der Waals surface area (Å²) in [6.07, 6.45) is -1.19. The first-order valence-electron chi connectivity index (χ1n) is 5.65. The molecule has 0 N–H and O–H groups in total. The van der Waals surface area contributed by atoms with Gasteiger partial charge in [-0.25, -0.2) is 8.78 Å². The fourth-order valence-corrected chi connectivity index (χ4v) is 1.69. The quantitative estimate of drug-likeness (QED) is 0.517.